The lowest BCUT2D eigenvalue weighted by Crippen LogP contribution is -2.68. The van der Waals surface area contributed by atoms with E-state index in [-0.39, 0.29) is 36.3 Å². The Morgan fingerprint density at radius 3 is 2.45 bits per heavy atom. The number of hydrogen-bond acceptors (Lipinski definition) is 3. The summed E-state index contributed by atoms with van der Waals surface area (Å²) >= 11 is 0. The zero-order chi connectivity index (χ0) is 20.4. The molecule has 2 aromatic carbocycles. The fourth-order valence-electron chi connectivity index (χ4n) is 4.78. The maximum atomic E-state index is 13.5. The summed E-state index contributed by atoms with van der Waals surface area (Å²) in [6, 6.07) is 14.5. The Kier molecular flexibility index (Phi) is 5.97. The van der Waals surface area contributed by atoms with Gasteiger partial charge in [0.1, 0.15) is 5.82 Å². The van der Waals surface area contributed by atoms with E-state index < -0.39 is 0 Å². The third kappa shape index (κ3) is 4.07. The highest BCUT2D eigenvalue weighted by atomic mass is 19.1. The van der Waals surface area contributed by atoms with Crippen LogP contribution in [0, 0.1) is 11.7 Å². The smallest absolute Gasteiger partial charge is 0.220 e. The molecule has 0 radical (unpaired) electrons. The maximum absolute atomic E-state index is 13.5. The summed E-state index contributed by atoms with van der Waals surface area (Å²) in [6.07, 6.45) is 3.90. The van der Waals surface area contributed by atoms with Crippen molar-refractivity contribution in [1.29, 1.82) is 0 Å². The molecule has 154 valence electrons. The van der Waals surface area contributed by atoms with Crippen molar-refractivity contribution < 1.29 is 14.3 Å². The summed E-state index contributed by atoms with van der Waals surface area (Å²) in [6.45, 7) is 3.26. The first-order chi connectivity index (χ1) is 14.1. The maximum Gasteiger partial charge on any atom is 0.220 e. The minimum Gasteiger partial charge on any atom is -0.394 e. The number of carbonyl (C=O) groups is 1. The normalized spacial score (nSPS) is 24.1. The molecule has 0 aromatic heterocycles. The Bertz CT molecular complexity index is 850. The highest BCUT2D eigenvalue weighted by Crippen LogP contribution is 2.41. The molecule has 2 N–H and O–H groups in total. The average Bonchev–Trinajstić information content (AvgIpc) is 2.65. The third-order valence-corrected chi connectivity index (χ3v) is 6.56. The van der Waals surface area contributed by atoms with Gasteiger partial charge in [-0.3, -0.25) is 4.79 Å². The molecule has 1 saturated carbocycles. The zero-order valence-electron chi connectivity index (χ0n) is 16.9. The molecule has 1 amide bonds. The lowest BCUT2D eigenvalue weighted by Gasteiger charge is -2.55. The van der Waals surface area contributed by atoms with Gasteiger partial charge in [-0.1, -0.05) is 42.8 Å². The van der Waals surface area contributed by atoms with Gasteiger partial charge < -0.3 is 15.3 Å². The largest absolute Gasteiger partial charge is 0.394 e. The molecule has 5 heteroatoms. The highest BCUT2D eigenvalue weighted by Gasteiger charge is 2.49. The van der Waals surface area contributed by atoms with Gasteiger partial charge in [0.15, 0.2) is 0 Å². The minimum absolute atomic E-state index is 0.00660. The van der Waals surface area contributed by atoms with Crippen LogP contribution in [0.15, 0.2) is 48.5 Å². The SMILES string of the molecule is CC(=O)N1[C@@H](CO)[C@@H](c2ccc(-c3cccc(F)c3)cc2)[C@@H]1CNCC1CCC1. The number of aliphatic hydroxyl groups is 1. The molecule has 2 aliphatic rings. The molecule has 2 fully saturated rings. The van der Waals surface area contributed by atoms with E-state index in [1.54, 1.807) is 13.0 Å². The Hall–Kier alpha value is -2.24. The van der Waals surface area contributed by atoms with Crippen molar-refractivity contribution in [2.45, 2.75) is 44.2 Å². The van der Waals surface area contributed by atoms with Gasteiger partial charge in [-0.15, -0.1) is 0 Å². The Labute approximate surface area is 171 Å². The van der Waals surface area contributed by atoms with Crippen LogP contribution in [0.4, 0.5) is 4.39 Å². The molecule has 0 unspecified atom stereocenters. The molecular formula is C24H29FN2O2. The van der Waals surface area contributed by atoms with Crippen molar-refractivity contribution in [3.8, 4) is 11.1 Å². The summed E-state index contributed by atoms with van der Waals surface area (Å²) in [5.74, 6) is 0.616. The zero-order valence-corrected chi connectivity index (χ0v) is 16.9. The lowest BCUT2D eigenvalue weighted by molar-refractivity contribution is -0.147. The van der Waals surface area contributed by atoms with Gasteiger partial charge in [0.05, 0.1) is 18.7 Å². The number of rotatable bonds is 7. The summed E-state index contributed by atoms with van der Waals surface area (Å²) in [4.78, 5) is 14.0. The number of amides is 1. The van der Waals surface area contributed by atoms with E-state index in [1.807, 2.05) is 35.2 Å². The molecule has 29 heavy (non-hydrogen) atoms. The second-order valence-electron chi connectivity index (χ2n) is 8.36. The first-order valence-electron chi connectivity index (χ1n) is 10.5. The Morgan fingerprint density at radius 2 is 1.86 bits per heavy atom. The van der Waals surface area contributed by atoms with Crippen molar-refractivity contribution in [2.75, 3.05) is 19.7 Å². The van der Waals surface area contributed by atoms with E-state index in [1.165, 1.54) is 31.4 Å². The number of halogens is 1. The molecule has 2 aromatic rings. The number of hydrogen-bond donors (Lipinski definition) is 2. The predicted molar refractivity (Wildman–Crippen MR) is 112 cm³/mol. The lowest BCUT2D eigenvalue weighted by atomic mass is 9.74. The summed E-state index contributed by atoms with van der Waals surface area (Å²) in [7, 11) is 0. The summed E-state index contributed by atoms with van der Waals surface area (Å²) in [5, 5.41) is 13.5. The van der Waals surface area contributed by atoms with Crippen LogP contribution < -0.4 is 5.32 Å². The number of aliphatic hydroxyl groups excluding tert-OH is 1. The topological polar surface area (TPSA) is 52.6 Å². The molecule has 1 saturated heterocycles. The van der Waals surface area contributed by atoms with E-state index in [0.717, 1.165) is 35.7 Å². The van der Waals surface area contributed by atoms with E-state index in [0.29, 0.717) is 0 Å². The minimum atomic E-state index is -0.249. The first kappa shape index (κ1) is 20.0. The van der Waals surface area contributed by atoms with Crippen LogP contribution >= 0.6 is 0 Å². The number of benzene rings is 2. The fraction of sp³-hybridized carbons (Fsp3) is 0.458. The van der Waals surface area contributed by atoms with E-state index >= 15 is 0 Å². The number of nitrogens with one attached hydrogen (secondary N) is 1. The van der Waals surface area contributed by atoms with Crippen molar-refractivity contribution in [3.05, 3.63) is 59.9 Å². The van der Waals surface area contributed by atoms with Crippen LogP contribution in [0.2, 0.25) is 0 Å². The predicted octanol–water partition coefficient (Wildman–Crippen LogP) is 3.56. The van der Waals surface area contributed by atoms with Gasteiger partial charge in [-0.05, 0) is 54.1 Å². The quantitative estimate of drug-likeness (QED) is 0.753. The van der Waals surface area contributed by atoms with Gasteiger partial charge in [-0.25, -0.2) is 4.39 Å². The van der Waals surface area contributed by atoms with Gasteiger partial charge in [0, 0.05) is 19.4 Å². The first-order valence-corrected chi connectivity index (χ1v) is 10.5. The van der Waals surface area contributed by atoms with Crippen molar-refractivity contribution >= 4 is 5.91 Å². The van der Waals surface area contributed by atoms with Crippen LogP contribution in [-0.4, -0.2) is 47.7 Å². The average molecular weight is 397 g/mol. The summed E-state index contributed by atoms with van der Waals surface area (Å²) in [5.41, 5.74) is 2.90. The van der Waals surface area contributed by atoms with Crippen LogP contribution in [-0.2, 0) is 4.79 Å². The molecule has 1 heterocycles. The van der Waals surface area contributed by atoms with E-state index in [2.05, 4.69) is 5.32 Å². The standard InChI is InChI=1S/C24H29FN2O2/c1-16(29)27-22(14-26-13-17-4-2-5-17)24(23(27)15-28)19-10-8-18(9-11-19)20-6-3-7-21(25)12-20/h3,6-12,17,22-24,26,28H,2,4-5,13-15H2,1H3/t22-,23-,24-/m0/s1. The van der Waals surface area contributed by atoms with Gasteiger partial charge in [-0.2, -0.15) is 0 Å². The molecular weight excluding hydrogens is 367 g/mol. The molecule has 4 rings (SSSR count). The van der Waals surface area contributed by atoms with Crippen molar-refractivity contribution in [2.24, 2.45) is 5.92 Å². The second kappa shape index (κ2) is 8.64. The van der Waals surface area contributed by atoms with E-state index in [9.17, 15) is 14.3 Å². The van der Waals surface area contributed by atoms with Gasteiger partial charge >= 0.3 is 0 Å². The Morgan fingerprint density at radius 1 is 1.10 bits per heavy atom. The molecule has 1 aliphatic carbocycles. The highest BCUT2D eigenvalue weighted by molar-refractivity contribution is 5.76. The second-order valence-corrected chi connectivity index (χ2v) is 8.36. The molecule has 1 aliphatic heterocycles. The monoisotopic (exact) mass is 396 g/mol. The van der Waals surface area contributed by atoms with Gasteiger partial charge in [0.25, 0.3) is 0 Å². The molecule has 4 nitrogen and oxygen atoms in total. The van der Waals surface area contributed by atoms with Crippen molar-refractivity contribution in [1.82, 2.24) is 10.2 Å². The third-order valence-electron chi connectivity index (χ3n) is 6.56. The summed E-state index contributed by atoms with van der Waals surface area (Å²) < 4.78 is 13.5. The molecule has 3 atom stereocenters. The van der Waals surface area contributed by atoms with E-state index in [4.69, 9.17) is 0 Å². The fourth-order valence-corrected chi connectivity index (χ4v) is 4.78. The van der Waals surface area contributed by atoms with Crippen LogP contribution in [0.5, 0.6) is 0 Å². The van der Waals surface area contributed by atoms with Crippen LogP contribution in [0.3, 0.4) is 0 Å². The number of likely N-dealkylation sites (tertiary alicyclic amines) is 1. The van der Waals surface area contributed by atoms with Crippen molar-refractivity contribution in [3.63, 3.8) is 0 Å². The number of nitrogens with zero attached hydrogens (tertiary/aromatic N) is 1. The van der Waals surface area contributed by atoms with Crippen LogP contribution in [0.1, 0.15) is 37.7 Å². The molecule has 0 spiro atoms. The van der Waals surface area contributed by atoms with Gasteiger partial charge in [0.2, 0.25) is 5.91 Å². The Balaban J connectivity index is 1.50. The van der Waals surface area contributed by atoms with Crippen LogP contribution in [0.25, 0.3) is 11.1 Å². The number of carbonyl (C=O) groups excluding carboxylic acids is 1. The molecule has 0 bridgehead atoms.